The number of hydrogen-bond donors (Lipinski definition) is 2. The first kappa shape index (κ1) is 19.3. The van der Waals surface area contributed by atoms with Crippen LogP contribution in [0, 0.1) is 0 Å². The van der Waals surface area contributed by atoms with Crippen molar-refractivity contribution >= 4 is 17.5 Å². The predicted molar refractivity (Wildman–Crippen MR) is 110 cm³/mol. The van der Waals surface area contributed by atoms with Gasteiger partial charge < -0.3 is 24.8 Å². The Morgan fingerprint density at radius 3 is 2.25 bits per heavy atom. The van der Waals surface area contributed by atoms with Crippen LogP contribution in [-0.4, -0.2) is 37.8 Å². The summed E-state index contributed by atoms with van der Waals surface area (Å²) in [6.07, 6.45) is 2.62. The fourth-order valence-corrected chi connectivity index (χ4v) is 2.78. The van der Waals surface area contributed by atoms with E-state index in [0.717, 1.165) is 24.5 Å². The van der Waals surface area contributed by atoms with Crippen LogP contribution in [0.3, 0.4) is 0 Å². The van der Waals surface area contributed by atoms with Gasteiger partial charge >= 0.3 is 0 Å². The second-order valence-electron chi connectivity index (χ2n) is 5.97. The van der Waals surface area contributed by atoms with E-state index in [1.807, 2.05) is 24.3 Å². The van der Waals surface area contributed by atoms with Gasteiger partial charge in [0.05, 0.1) is 21.3 Å². The number of ether oxygens (including phenoxy) is 3. The number of rotatable bonds is 9. The van der Waals surface area contributed by atoms with Gasteiger partial charge in [-0.25, -0.2) is 4.98 Å². The lowest BCUT2D eigenvalue weighted by molar-refractivity contribution is 0.324. The molecule has 0 radical (unpaired) electrons. The lowest BCUT2D eigenvalue weighted by atomic mass is 10.1. The van der Waals surface area contributed by atoms with Crippen LogP contribution in [-0.2, 0) is 6.42 Å². The molecule has 3 rings (SSSR count). The molecule has 7 nitrogen and oxygen atoms in total. The van der Waals surface area contributed by atoms with E-state index in [2.05, 4.69) is 32.7 Å². The maximum absolute atomic E-state index is 5.38. The van der Waals surface area contributed by atoms with Crippen molar-refractivity contribution in [1.29, 1.82) is 0 Å². The summed E-state index contributed by atoms with van der Waals surface area (Å²) in [6.45, 7) is 0.782. The van der Waals surface area contributed by atoms with Gasteiger partial charge in [0.1, 0.15) is 5.82 Å². The van der Waals surface area contributed by atoms with Crippen LogP contribution in [0.2, 0.25) is 0 Å². The van der Waals surface area contributed by atoms with Gasteiger partial charge in [0, 0.05) is 30.6 Å². The predicted octanol–water partition coefficient (Wildman–Crippen LogP) is 3.90. The van der Waals surface area contributed by atoms with E-state index in [0.29, 0.717) is 23.2 Å². The number of nitrogens with one attached hydrogen (secondary N) is 2. The molecule has 7 heteroatoms. The minimum absolute atomic E-state index is 0.471. The van der Waals surface area contributed by atoms with Crippen molar-refractivity contribution < 1.29 is 14.2 Å². The van der Waals surface area contributed by atoms with Crippen LogP contribution in [0.15, 0.2) is 54.7 Å². The fourth-order valence-electron chi connectivity index (χ4n) is 2.78. The molecule has 0 fully saturated rings. The summed E-state index contributed by atoms with van der Waals surface area (Å²) >= 11 is 0. The summed E-state index contributed by atoms with van der Waals surface area (Å²) in [5.41, 5.74) is 2.01. The summed E-state index contributed by atoms with van der Waals surface area (Å²) in [4.78, 5) is 8.79. The number of nitrogens with zero attached hydrogens (tertiary/aromatic N) is 2. The van der Waals surface area contributed by atoms with Crippen molar-refractivity contribution in [1.82, 2.24) is 9.97 Å². The molecule has 0 saturated carbocycles. The Hall–Kier alpha value is -3.48. The molecule has 3 aromatic rings. The maximum Gasteiger partial charge on any atom is 0.229 e. The van der Waals surface area contributed by atoms with Gasteiger partial charge in [-0.05, 0) is 18.1 Å². The third-order valence-electron chi connectivity index (χ3n) is 4.14. The average molecular weight is 380 g/mol. The first-order chi connectivity index (χ1) is 13.7. The average Bonchev–Trinajstić information content (AvgIpc) is 2.74. The van der Waals surface area contributed by atoms with Crippen LogP contribution in [0.4, 0.5) is 17.5 Å². The molecule has 0 aliphatic heterocycles. The Morgan fingerprint density at radius 1 is 0.893 bits per heavy atom. The van der Waals surface area contributed by atoms with E-state index < -0.39 is 0 Å². The van der Waals surface area contributed by atoms with E-state index in [1.54, 1.807) is 39.7 Å². The molecule has 0 bridgehead atoms. The third kappa shape index (κ3) is 4.82. The minimum Gasteiger partial charge on any atom is -0.493 e. The third-order valence-corrected chi connectivity index (χ3v) is 4.14. The first-order valence-electron chi connectivity index (χ1n) is 8.91. The van der Waals surface area contributed by atoms with Gasteiger partial charge in [-0.15, -0.1) is 0 Å². The first-order valence-corrected chi connectivity index (χ1v) is 8.91. The van der Waals surface area contributed by atoms with Gasteiger partial charge in [-0.2, -0.15) is 4.98 Å². The number of benzene rings is 2. The van der Waals surface area contributed by atoms with Crippen LogP contribution < -0.4 is 24.8 Å². The van der Waals surface area contributed by atoms with E-state index in [-0.39, 0.29) is 0 Å². The number of aromatic nitrogens is 2. The Bertz CT molecular complexity index is 878. The van der Waals surface area contributed by atoms with Gasteiger partial charge in [0.25, 0.3) is 0 Å². The largest absolute Gasteiger partial charge is 0.493 e. The summed E-state index contributed by atoms with van der Waals surface area (Å²) in [5.74, 6) is 2.87. The summed E-state index contributed by atoms with van der Waals surface area (Å²) < 4.78 is 16.1. The molecule has 28 heavy (non-hydrogen) atoms. The van der Waals surface area contributed by atoms with Crippen molar-refractivity contribution in [3.05, 3.63) is 60.3 Å². The molecule has 0 aliphatic rings. The molecule has 0 unspecified atom stereocenters. The SMILES string of the molecule is COc1cc(Nc2nccc(NCCc3ccccc3)n2)cc(OC)c1OC. The van der Waals surface area contributed by atoms with Crippen LogP contribution in [0.25, 0.3) is 0 Å². The molecule has 2 N–H and O–H groups in total. The zero-order valence-corrected chi connectivity index (χ0v) is 16.2. The summed E-state index contributed by atoms with van der Waals surface area (Å²) in [6, 6.07) is 15.8. The highest BCUT2D eigenvalue weighted by molar-refractivity contribution is 5.66. The van der Waals surface area contributed by atoms with Crippen LogP contribution in [0.5, 0.6) is 17.2 Å². The summed E-state index contributed by atoms with van der Waals surface area (Å²) in [5, 5.41) is 6.50. The highest BCUT2D eigenvalue weighted by Crippen LogP contribution is 2.40. The minimum atomic E-state index is 0.471. The zero-order chi connectivity index (χ0) is 19.8. The topological polar surface area (TPSA) is 77.5 Å². The highest BCUT2D eigenvalue weighted by Gasteiger charge is 2.13. The van der Waals surface area contributed by atoms with Gasteiger partial charge in [0.2, 0.25) is 11.7 Å². The molecule has 146 valence electrons. The monoisotopic (exact) mass is 380 g/mol. The Balaban J connectivity index is 1.69. The van der Waals surface area contributed by atoms with Crippen molar-refractivity contribution in [2.75, 3.05) is 38.5 Å². The Labute approximate surface area is 164 Å². The number of anilines is 3. The molecular formula is C21H24N4O3. The zero-order valence-electron chi connectivity index (χ0n) is 16.2. The lowest BCUT2D eigenvalue weighted by Crippen LogP contribution is -2.08. The van der Waals surface area contributed by atoms with E-state index in [9.17, 15) is 0 Å². The standard InChI is InChI=1S/C21H24N4O3/c1-26-17-13-16(14-18(27-2)20(17)28-3)24-21-23-12-10-19(25-21)22-11-9-15-7-5-4-6-8-15/h4-8,10,12-14H,9,11H2,1-3H3,(H2,22,23,24,25). The lowest BCUT2D eigenvalue weighted by Gasteiger charge is -2.15. The normalized spacial score (nSPS) is 10.2. The molecule has 0 amide bonds. The molecule has 1 aromatic heterocycles. The van der Waals surface area contributed by atoms with Gasteiger partial charge in [-0.3, -0.25) is 0 Å². The summed E-state index contributed by atoms with van der Waals surface area (Å²) in [7, 11) is 4.73. The van der Waals surface area contributed by atoms with E-state index in [4.69, 9.17) is 14.2 Å². The second kappa shape index (κ2) is 9.45. The van der Waals surface area contributed by atoms with Crippen molar-refractivity contribution in [2.45, 2.75) is 6.42 Å². The van der Waals surface area contributed by atoms with Crippen LogP contribution >= 0.6 is 0 Å². The molecule has 1 heterocycles. The van der Waals surface area contributed by atoms with E-state index >= 15 is 0 Å². The number of hydrogen-bond acceptors (Lipinski definition) is 7. The van der Waals surface area contributed by atoms with Crippen molar-refractivity contribution in [2.24, 2.45) is 0 Å². The number of methoxy groups -OCH3 is 3. The molecule has 0 spiro atoms. The van der Waals surface area contributed by atoms with Crippen LogP contribution in [0.1, 0.15) is 5.56 Å². The molecule has 0 atom stereocenters. The molecular weight excluding hydrogens is 356 g/mol. The van der Waals surface area contributed by atoms with Gasteiger partial charge in [0.15, 0.2) is 11.5 Å². The fraction of sp³-hybridized carbons (Fsp3) is 0.238. The highest BCUT2D eigenvalue weighted by atomic mass is 16.5. The Kier molecular flexibility index (Phi) is 6.51. The second-order valence-corrected chi connectivity index (χ2v) is 5.97. The molecule has 0 aliphatic carbocycles. The van der Waals surface area contributed by atoms with Crippen molar-refractivity contribution in [3.8, 4) is 17.2 Å². The smallest absolute Gasteiger partial charge is 0.229 e. The Morgan fingerprint density at radius 2 is 1.61 bits per heavy atom. The quantitative estimate of drug-likeness (QED) is 0.583. The molecule has 2 aromatic carbocycles. The van der Waals surface area contributed by atoms with E-state index in [1.165, 1.54) is 5.56 Å². The van der Waals surface area contributed by atoms with Crippen molar-refractivity contribution in [3.63, 3.8) is 0 Å². The maximum atomic E-state index is 5.38. The van der Waals surface area contributed by atoms with Gasteiger partial charge in [-0.1, -0.05) is 30.3 Å². The molecule has 0 saturated heterocycles.